The fourth-order valence-electron chi connectivity index (χ4n) is 1.79. The van der Waals surface area contributed by atoms with Gasteiger partial charge in [-0.2, -0.15) is 5.10 Å². The average molecular weight is 226 g/mol. The van der Waals surface area contributed by atoms with Gasteiger partial charge in [-0.15, -0.1) is 0 Å². The Morgan fingerprint density at radius 1 is 1.12 bits per heavy atom. The number of nitrogens with zero attached hydrogens (tertiary/aromatic N) is 1. The number of hydrogen-bond donors (Lipinski definition) is 2. The van der Waals surface area contributed by atoms with Crippen molar-refractivity contribution in [2.24, 2.45) is 10.9 Å². The standard InChI is InChI=1S/C14H14N2O/c15-16-9-13-5-1-2-7-14(13)12-6-3-4-11(8-12)10-17/h1-9,17H,10,15H2. The maximum atomic E-state index is 9.14. The van der Waals surface area contributed by atoms with Crippen LogP contribution in [0, 0.1) is 0 Å². The number of nitrogens with two attached hydrogens (primary N) is 1. The van der Waals surface area contributed by atoms with Gasteiger partial charge in [0.1, 0.15) is 0 Å². The van der Waals surface area contributed by atoms with Gasteiger partial charge in [0.25, 0.3) is 0 Å². The van der Waals surface area contributed by atoms with Crippen LogP contribution >= 0.6 is 0 Å². The lowest BCUT2D eigenvalue weighted by molar-refractivity contribution is 0.282. The molecule has 0 spiro atoms. The number of benzene rings is 2. The highest BCUT2D eigenvalue weighted by Crippen LogP contribution is 2.23. The van der Waals surface area contributed by atoms with Crippen LogP contribution < -0.4 is 5.84 Å². The van der Waals surface area contributed by atoms with Crippen molar-refractivity contribution >= 4 is 6.21 Å². The normalized spacial score (nSPS) is 10.9. The zero-order chi connectivity index (χ0) is 12.1. The number of hydrogen-bond acceptors (Lipinski definition) is 3. The van der Waals surface area contributed by atoms with Crippen LogP contribution in [0.3, 0.4) is 0 Å². The zero-order valence-electron chi connectivity index (χ0n) is 9.38. The molecular weight excluding hydrogens is 212 g/mol. The predicted octanol–water partition coefficient (Wildman–Crippen LogP) is 2.14. The minimum absolute atomic E-state index is 0.0426. The van der Waals surface area contributed by atoms with Gasteiger partial charge in [0.05, 0.1) is 12.8 Å². The number of aliphatic hydroxyl groups excluding tert-OH is 1. The molecule has 2 aromatic rings. The van der Waals surface area contributed by atoms with Crippen molar-refractivity contribution in [3.05, 3.63) is 59.7 Å². The second kappa shape index (κ2) is 5.27. The highest BCUT2D eigenvalue weighted by atomic mass is 16.3. The molecule has 3 nitrogen and oxygen atoms in total. The van der Waals surface area contributed by atoms with Gasteiger partial charge in [-0.25, -0.2) is 0 Å². The van der Waals surface area contributed by atoms with Gasteiger partial charge in [0.15, 0.2) is 0 Å². The van der Waals surface area contributed by atoms with Crippen LogP contribution in [-0.2, 0) is 6.61 Å². The van der Waals surface area contributed by atoms with E-state index in [9.17, 15) is 0 Å². The molecule has 0 saturated carbocycles. The van der Waals surface area contributed by atoms with E-state index in [4.69, 9.17) is 10.9 Å². The summed E-state index contributed by atoms with van der Waals surface area (Å²) in [5.41, 5.74) is 3.95. The van der Waals surface area contributed by atoms with Crippen molar-refractivity contribution < 1.29 is 5.11 Å². The van der Waals surface area contributed by atoms with Gasteiger partial charge in [-0.05, 0) is 22.8 Å². The van der Waals surface area contributed by atoms with Crippen LogP contribution in [0.25, 0.3) is 11.1 Å². The van der Waals surface area contributed by atoms with Crippen molar-refractivity contribution in [2.45, 2.75) is 6.61 Å². The molecule has 0 bridgehead atoms. The summed E-state index contributed by atoms with van der Waals surface area (Å²) >= 11 is 0. The lowest BCUT2D eigenvalue weighted by Crippen LogP contribution is -1.91. The van der Waals surface area contributed by atoms with Gasteiger partial charge in [0, 0.05) is 5.56 Å². The number of rotatable bonds is 3. The third-order valence-electron chi connectivity index (χ3n) is 2.59. The molecule has 2 aromatic carbocycles. The van der Waals surface area contributed by atoms with Crippen LogP contribution in [0.1, 0.15) is 11.1 Å². The smallest absolute Gasteiger partial charge is 0.0682 e. The first kappa shape index (κ1) is 11.4. The number of aliphatic hydroxyl groups is 1. The van der Waals surface area contributed by atoms with Crippen molar-refractivity contribution in [1.29, 1.82) is 0 Å². The van der Waals surface area contributed by atoms with Gasteiger partial charge in [-0.1, -0.05) is 42.5 Å². The fourth-order valence-corrected chi connectivity index (χ4v) is 1.79. The molecule has 17 heavy (non-hydrogen) atoms. The quantitative estimate of drug-likeness (QED) is 0.478. The summed E-state index contributed by atoms with van der Waals surface area (Å²) in [4.78, 5) is 0. The topological polar surface area (TPSA) is 58.6 Å². The van der Waals surface area contributed by atoms with E-state index in [1.54, 1.807) is 6.21 Å². The molecule has 0 heterocycles. The average Bonchev–Trinajstić information content (AvgIpc) is 2.40. The Kier molecular flexibility index (Phi) is 3.52. The molecule has 0 fully saturated rings. The van der Waals surface area contributed by atoms with Crippen LogP contribution in [0.15, 0.2) is 53.6 Å². The maximum absolute atomic E-state index is 9.14. The van der Waals surface area contributed by atoms with Crippen LogP contribution in [0.5, 0.6) is 0 Å². The van der Waals surface area contributed by atoms with E-state index >= 15 is 0 Å². The fraction of sp³-hybridized carbons (Fsp3) is 0.0714. The van der Waals surface area contributed by atoms with Crippen LogP contribution in [0.2, 0.25) is 0 Å². The molecule has 0 aromatic heterocycles. The second-order valence-electron chi connectivity index (χ2n) is 3.72. The Balaban J connectivity index is 2.51. The molecule has 0 radical (unpaired) electrons. The first-order chi connectivity index (χ1) is 8.35. The van der Waals surface area contributed by atoms with E-state index in [0.29, 0.717) is 0 Å². The highest BCUT2D eigenvalue weighted by molar-refractivity contribution is 5.90. The van der Waals surface area contributed by atoms with Gasteiger partial charge >= 0.3 is 0 Å². The monoisotopic (exact) mass is 226 g/mol. The van der Waals surface area contributed by atoms with E-state index in [-0.39, 0.29) is 6.61 Å². The SMILES string of the molecule is NN=Cc1ccccc1-c1cccc(CO)c1. The largest absolute Gasteiger partial charge is 0.392 e. The molecule has 0 amide bonds. The Labute approximate surface area is 100 Å². The molecule has 2 rings (SSSR count). The third-order valence-corrected chi connectivity index (χ3v) is 2.59. The Morgan fingerprint density at radius 3 is 2.71 bits per heavy atom. The molecule has 86 valence electrons. The van der Waals surface area contributed by atoms with Gasteiger partial charge in [0.2, 0.25) is 0 Å². The molecule has 0 aliphatic heterocycles. The third kappa shape index (κ3) is 2.52. The summed E-state index contributed by atoms with van der Waals surface area (Å²) in [5.74, 6) is 5.19. The number of hydrazone groups is 1. The molecule has 0 aliphatic carbocycles. The molecule has 3 heteroatoms. The Bertz CT molecular complexity index is 535. The first-order valence-corrected chi connectivity index (χ1v) is 5.37. The van der Waals surface area contributed by atoms with E-state index in [2.05, 4.69) is 5.10 Å². The molecular formula is C14H14N2O. The first-order valence-electron chi connectivity index (χ1n) is 5.37. The van der Waals surface area contributed by atoms with Crippen molar-refractivity contribution in [1.82, 2.24) is 0 Å². The summed E-state index contributed by atoms with van der Waals surface area (Å²) in [7, 11) is 0. The predicted molar refractivity (Wildman–Crippen MR) is 69.6 cm³/mol. The van der Waals surface area contributed by atoms with E-state index < -0.39 is 0 Å². The zero-order valence-corrected chi connectivity index (χ0v) is 9.38. The van der Waals surface area contributed by atoms with E-state index in [0.717, 1.165) is 22.3 Å². The maximum Gasteiger partial charge on any atom is 0.0682 e. The lowest BCUT2D eigenvalue weighted by atomic mass is 9.99. The molecule has 0 saturated heterocycles. The summed E-state index contributed by atoms with van der Waals surface area (Å²) in [6.45, 7) is 0.0426. The summed E-state index contributed by atoms with van der Waals surface area (Å²) in [6, 6.07) is 15.7. The van der Waals surface area contributed by atoms with Gasteiger partial charge < -0.3 is 10.9 Å². The Morgan fingerprint density at radius 2 is 1.94 bits per heavy atom. The van der Waals surface area contributed by atoms with Crippen molar-refractivity contribution in [3.63, 3.8) is 0 Å². The summed E-state index contributed by atoms with van der Waals surface area (Å²) in [6.07, 6.45) is 1.63. The molecule has 0 atom stereocenters. The molecule has 3 N–H and O–H groups in total. The van der Waals surface area contributed by atoms with E-state index in [1.807, 2.05) is 48.5 Å². The lowest BCUT2D eigenvalue weighted by Gasteiger charge is -2.07. The minimum atomic E-state index is 0.0426. The van der Waals surface area contributed by atoms with Crippen molar-refractivity contribution in [2.75, 3.05) is 0 Å². The molecule has 0 unspecified atom stereocenters. The van der Waals surface area contributed by atoms with Crippen LogP contribution in [0.4, 0.5) is 0 Å². The van der Waals surface area contributed by atoms with Gasteiger partial charge in [-0.3, -0.25) is 0 Å². The highest BCUT2D eigenvalue weighted by Gasteiger charge is 2.03. The van der Waals surface area contributed by atoms with E-state index in [1.165, 1.54) is 0 Å². The second-order valence-corrected chi connectivity index (χ2v) is 3.72. The minimum Gasteiger partial charge on any atom is -0.392 e. The van der Waals surface area contributed by atoms with Crippen molar-refractivity contribution in [3.8, 4) is 11.1 Å². The summed E-state index contributed by atoms with van der Waals surface area (Å²) < 4.78 is 0. The Hall–Kier alpha value is -2.13. The van der Waals surface area contributed by atoms with Crippen LogP contribution in [-0.4, -0.2) is 11.3 Å². The molecule has 0 aliphatic rings. The summed E-state index contributed by atoms with van der Waals surface area (Å²) in [5, 5.41) is 12.7.